The van der Waals surface area contributed by atoms with E-state index >= 15 is 0 Å². The Morgan fingerprint density at radius 3 is 2.88 bits per heavy atom. The molecule has 0 spiro atoms. The van der Waals surface area contributed by atoms with E-state index in [1.807, 2.05) is 6.92 Å². The number of nitrogens with zero attached hydrogens (tertiary/aromatic N) is 1. The Labute approximate surface area is 99.9 Å². The predicted octanol–water partition coefficient (Wildman–Crippen LogP) is 1.75. The molecular formula is C11H17N3O3. The van der Waals surface area contributed by atoms with Crippen LogP contribution in [0.25, 0.3) is 0 Å². The molecular weight excluding hydrogens is 222 g/mol. The maximum absolute atomic E-state index is 10.8. The number of ether oxygens (including phenoxy) is 1. The third-order valence-corrected chi connectivity index (χ3v) is 2.09. The summed E-state index contributed by atoms with van der Waals surface area (Å²) in [6.45, 7) is 3.52. The minimum absolute atomic E-state index is 0.0169. The van der Waals surface area contributed by atoms with Crippen molar-refractivity contribution < 1.29 is 9.66 Å². The Kier molecular flexibility index (Phi) is 5.22. The molecule has 0 saturated heterocycles. The van der Waals surface area contributed by atoms with Crippen LogP contribution in [0.1, 0.15) is 13.3 Å². The molecule has 0 radical (unpaired) electrons. The quantitative estimate of drug-likeness (QED) is 0.558. The maximum Gasteiger partial charge on any atom is 0.311 e. The lowest BCUT2D eigenvalue weighted by Gasteiger charge is -2.09. The predicted molar refractivity (Wildman–Crippen MR) is 66.4 cm³/mol. The highest BCUT2D eigenvalue weighted by atomic mass is 16.6. The monoisotopic (exact) mass is 239 g/mol. The lowest BCUT2D eigenvalue weighted by Crippen LogP contribution is -2.13. The smallest absolute Gasteiger partial charge is 0.311 e. The van der Waals surface area contributed by atoms with Gasteiger partial charge in [0.05, 0.1) is 11.5 Å². The van der Waals surface area contributed by atoms with Gasteiger partial charge in [-0.05, 0) is 12.5 Å². The van der Waals surface area contributed by atoms with Crippen molar-refractivity contribution in [2.45, 2.75) is 13.3 Å². The first-order valence-electron chi connectivity index (χ1n) is 5.54. The molecule has 0 aliphatic carbocycles. The molecule has 6 heteroatoms. The van der Waals surface area contributed by atoms with Crippen molar-refractivity contribution in [3.05, 3.63) is 28.3 Å². The molecule has 1 aromatic rings. The number of hydrogen-bond acceptors (Lipinski definition) is 5. The second-order valence-corrected chi connectivity index (χ2v) is 3.50. The summed E-state index contributed by atoms with van der Waals surface area (Å²) >= 11 is 0. The largest absolute Gasteiger partial charge is 0.487 e. The zero-order valence-electron chi connectivity index (χ0n) is 9.81. The van der Waals surface area contributed by atoms with E-state index in [4.69, 9.17) is 10.5 Å². The highest BCUT2D eigenvalue weighted by Crippen LogP contribution is 2.30. The summed E-state index contributed by atoms with van der Waals surface area (Å²) in [5.41, 5.74) is 6.12. The van der Waals surface area contributed by atoms with E-state index in [-0.39, 0.29) is 5.69 Å². The summed E-state index contributed by atoms with van der Waals surface area (Å²) < 4.78 is 5.36. The first kappa shape index (κ1) is 13.2. The van der Waals surface area contributed by atoms with Crippen LogP contribution in [0.4, 0.5) is 11.4 Å². The number of nitro benzene ring substituents is 1. The van der Waals surface area contributed by atoms with Crippen molar-refractivity contribution in [2.75, 3.05) is 25.0 Å². The van der Waals surface area contributed by atoms with E-state index in [9.17, 15) is 10.1 Å². The van der Waals surface area contributed by atoms with Gasteiger partial charge in [-0.1, -0.05) is 6.92 Å². The summed E-state index contributed by atoms with van der Waals surface area (Å²) in [5.74, 6) is 0.291. The van der Waals surface area contributed by atoms with E-state index in [0.29, 0.717) is 25.4 Å². The minimum atomic E-state index is -0.447. The SMILES string of the molecule is CCCOc1cc(NCCN)ccc1[N+](=O)[O-]. The highest BCUT2D eigenvalue weighted by molar-refractivity contribution is 5.58. The Morgan fingerprint density at radius 1 is 1.53 bits per heavy atom. The van der Waals surface area contributed by atoms with Crippen molar-refractivity contribution in [1.82, 2.24) is 0 Å². The molecule has 0 atom stereocenters. The third kappa shape index (κ3) is 3.92. The standard InChI is InChI=1S/C11H17N3O3/c1-2-7-17-11-8-9(13-6-5-12)3-4-10(11)14(15)16/h3-4,8,13H,2,5-7,12H2,1H3. The van der Waals surface area contributed by atoms with E-state index in [0.717, 1.165) is 12.1 Å². The normalized spacial score (nSPS) is 10.0. The van der Waals surface area contributed by atoms with E-state index in [2.05, 4.69) is 5.32 Å². The zero-order chi connectivity index (χ0) is 12.7. The summed E-state index contributed by atoms with van der Waals surface area (Å²) in [6, 6.07) is 4.71. The van der Waals surface area contributed by atoms with E-state index in [1.165, 1.54) is 6.07 Å². The van der Waals surface area contributed by atoms with Crippen LogP contribution < -0.4 is 15.8 Å². The first-order chi connectivity index (χ1) is 8.19. The van der Waals surface area contributed by atoms with Crippen LogP contribution in [0, 0.1) is 10.1 Å². The zero-order valence-corrected chi connectivity index (χ0v) is 9.81. The van der Waals surface area contributed by atoms with Gasteiger partial charge in [0.1, 0.15) is 0 Å². The second kappa shape index (κ2) is 6.70. The fourth-order valence-corrected chi connectivity index (χ4v) is 1.32. The highest BCUT2D eigenvalue weighted by Gasteiger charge is 2.15. The Balaban J connectivity index is 2.88. The molecule has 0 heterocycles. The molecule has 0 saturated carbocycles. The van der Waals surface area contributed by atoms with E-state index in [1.54, 1.807) is 12.1 Å². The molecule has 1 aromatic carbocycles. The number of nitrogens with one attached hydrogen (secondary N) is 1. The van der Waals surface area contributed by atoms with Crippen LogP contribution >= 0.6 is 0 Å². The van der Waals surface area contributed by atoms with Gasteiger partial charge in [-0.25, -0.2) is 0 Å². The van der Waals surface area contributed by atoms with Crippen molar-refractivity contribution in [3.8, 4) is 5.75 Å². The summed E-state index contributed by atoms with van der Waals surface area (Å²) in [5, 5.41) is 13.8. The number of nitrogens with two attached hydrogens (primary N) is 1. The lowest BCUT2D eigenvalue weighted by atomic mass is 10.2. The first-order valence-corrected chi connectivity index (χ1v) is 5.54. The third-order valence-electron chi connectivity index (χ3n) is 2.09. The molecule has 1 rings (SSSR count). The molecule has 6 nitrogen and oxygen atoms in total. The van der Waals surface area contributed by atoms with Gasteiger partial charge in [0.2, 0.25) is 0 Å². The molecule has 17 heavy (non-hydrogen) atoms. The number of rotatable bonds is 7. The maximum atomic E-state index is 10.8. The molecule has 0 fully saturated rings. The molecule has 0 amide bonds. The topological polar surface area (TPSA) is 90.4 Å². The number of anilines is 1. The van der Waals surface area contributed by atoms with Crippen molar-refractivity contribution in [3.63, 3.8) is 0 Å². The molecule has 94 valence electrons. The minimum Gasteiger partial charge on any atom is -0.487 e. The molecule has 0 aromatic heterocycles. The van der Waals surface area contributed by atoms with Gasteiger partial charge in [0.25, 0.3) is 0 Å². The lowest BCUT2D eigenvalue weighted by molar-refractivity contribution is -0.385. The van der Waals surface area contributed by atoms with Gasteiger partial charge in [0.15, 0.2) is 5.75 Å². The van der Waals surface area contributed by atoms with Crippen LogP contribution in [-0.2, 0) is 0 Å². The van der Waals surface area contributed by atoms with Gasteiger partial charge < -0.3 is 15.8 Å². The average Bonchev–Trinajstić information content (AvgIpc) is 2.33. The fourth-order valence-electron chi connectivity index (χ4n) is 1.32. The number of nitro groups is 1. The second-order valence-electron chi connectivity index (χ2n) is 3.50. The van der Waals surface area contributed by atoms with Gasteiger partial charge in [0, 0.05) is 30.9 Å². The Morgan fingerprint density at radius 2 is 2.29 bits per heavy atom. The molecule has 0 aliphatic heterocycles. The van der Waals surface area contributed by atoms with Crippen LogP contribution in [0.15, 0.2) is 18.2 Å². The molecule has 0 bridgehead atoms. The van der Waals surface area contributed by atoms with Crippen molar-refractivity contribution >= 4 is 11.4 Å². The van der Waals surface area contributed by atoms with Crippen LogP contribution in [-0.4, -0.2) is 24.6 Å². The summed E-state index contributed by atoms with van der Waals surface area (Å²) in [4.78, 5) is 10.3. The van der Waals surface area contributed by atoms with Gasteiger partial charge in [-0.2, -0.15) is 0 Å². The van der Waals surface area contributed by atoms with Crippen LogP contribution in [0.5, 0.6) is 5.75 Å². The summed E-state index contributed by atoms with van der Waals surface area (Å²) in [7, 11) is 0. The summed E-state index contributed by atoms with van der Waals surface area (Å²) in [6.07, 6.45) is 0.803. The fraction of sp³-hybridized carbons (Fsp3) is 0.455. The van der Waals surface area contributed by atoms with Crippen molar-refractivity contribution in [2.24, 2.45) is 5.73 Å². The Bertz CT molecular complexity index is 382. The van der Waals surface area contributed by atoms with E-state index < -0.39 is 4.92 Å². The molecule has 0 unspecified atom stereocenters. The Hall–Kier alpha value is -1.82. The van der Waals surface area contributed by atoms with Crippen LogP contribution in [0.3, 0.4) is 0 Å². The average molecular weight is 239 g/mol. The molecule has 3 N–H and O–H groups in total. The van der Waals surface area contributed by atoms with Gasteiger partial charge >= 0.3 is 5.69 Å². The van der Waals surface area contributed by atoms with Gasteiger partial charge in [-0.3, -0.25) is 10.1 Å². The number of hydrogen-bond donors (Lipinski definition) is 2. The van der Waals surface area contributed by atoms with Crippen LogP contribution in [0.2, 0.25) is 0 Å². The van der Waals surface area contributed by atoms with Crippen molar-refractivity contribution in [1.29, 1.82) is 0 Å². The molecule has 0 aliphatic rings. The van der Waals surface area contributed by atoms with Gasteiger partial charge in [-0.15, -0.1) is 0 Å². The number of benzene rings is 1.